The number of rotatable bonds is 5. The van der Waals surface area contributed by atoms with E-state index in [1.165, 1.54) is 22.5 Å². The molecule has 0 saturated carbocycles. The van der Waals surface area contributed by atoms with Gasteiger partial charge in [0.05, 0.1) is 0 Å². The molecule has 0 spiro atoms. The molecule has 2 aromatic rings. The zero-order chi connectivity index (χ0) is 13.7. The lowest BCUT2D eigenvalue weighted by molar-refractivity contribution is -0.116. The minimum atomic E-state index is -0.0179. The Hall–Kier alpha value is -1.75. The van der Waals surface area contributed by atoms with Gasteiger partial charge in [-0.05, 0) is 30.9 Å². The maximum atomic E-state index is 11.7. The number of nitrogens with zero attached hydrogens (tertiary/aromatic N) is 2. The second-order valence-electron chi connectivity index (χ2n) is 4.34. The SMILES string of the molecule is CCc1ccc(CCC(=O)Nc2nnc(C)s2)cc1. The van der Waals surface area contributed by atoms with E-state index in [-0.39, 0.29) is 5.91 Å². The van der Waals surface area contributed by atoms with E-state index in [4.69, 9.17) is 0 Å². The van der Waals surface area contributed by atoms with Gasteiger partial charge in [0.2, 0.25) is 11.0 Å². The minimum Gasteiger partial charge on any atom is -0.301 e. The lowest BCUT2D eigenvalue weighted by Crippen LogP contribution is -2.12. The summed E-state index contributed by atoms with van der Waals surface area (Å²) in [6, 6.07) is 8.39. The molecule has 0 unspecified atom stereocenters. The van der Waals surface area contributed by atoms with E-state index in [0.717, 1.165) is 17.8 Å². The van der Waals surface area contributed by atoms with Crippen LogP contribution < -0.4 is 5.32 Å². The molecule has 1 N–H and O–H groups in total. The van der Waals surface area contributed by atoms with Gasteiger partial charge in [-0.1, -0.05) is 42.5 Å². The smallest absolute Gasteiger partial charge is 0.226 e. The average molecular weight is 275 g/mol. The van der Waals surface area contributed by atoms with Crippen LogP contribution in [0.5, 0.6) is 0 Å². The number of benzene rings is 1. The molecule has 0 radical (unpaired) electrons. The van der Waals surface area contributed by atoms with Gasteiger partial charge in [0.15, 0.2) is 0 Å². The van der Waals surface area contributed by atoms with Crippen molar-refractivity contribution >= 4 is 22.4 Å². The molecule has 0 saturated heterocycles. The topological polar surface area (TPSA) is 54.9 Å². The normalized spacial score (nSPS) is 10.4. The van der Waals surface area contributed by atoms with Gasteiger partial charge in [-0.15, -0.1) is 10.2 Å². The number of amides is 1. The Morgan fingerprint density at radius 2 is 1.89 bits per heavy atom. The number of carbonyl (C=O) groups excluding carboxylic acids is 1. The van der Waals surface area contributed by atoms with Gasteiger partial charge in [0.25, 0.3) is 0 Å². The molecule has 1 aromatic heterocycles. The van der Waals surface area contributed by atoms with Gasteiger partial charge in [-0.25, -0.2) is 0 Å². The zero-order valence-electron chi connectivity index (χ0n) is 11.1. The summed E-state index contributed by atoms with van der Waals surface area (Å²) >= 11 is 1.39. The lowest BCUT2D eigenvalue weighted by atomic mass is 10.1. The molecular weight excluding hydrogens is 258 g/mol. The Morgan fingerprint density at radius 1 is 1.21 bits per heavy atom. The third-order valence-electron chi connectivity index (χ3n) is 2.84. The minimum absolute atomic E-state index is 0.0179. The highest BCUT2D eigenvalue weighted by Gasteiger charge is 2.06. The summed E-state index contributed by atoms with van der Waals surface area (Å²) in [5.74, 6) is -0.0179. The summed E-state index contributed by atoms with van der Waals surface area (Å²) in [6.07, 6.45) is 2.24. The fourth-order valence-corrected chi connectivity index (χ4v) is 2.34. The van der Waals surface area contributed by atoms with Gasteiger partial charge in [-0.2, -0.15) is 0 Å². The molecule has 4 nitrogen and oxygen atoms in total. The first-order valence-electron chi connectivity index (χ1n) is 6.35. The third kappa shape index (κ3) is 4.13. The van der Waals surface area contributed by atoms with Crippen LogP contribution in [0.15, 0.2) is 24.3 Å². The van der Waals surface area contributed by atoms with Crippen LogP contribution in [0.2, 0.25) is 0 Å². The van der Waals surface area contributed by atoms with Crippen molar-refractivity contribution in [3.05, 3.63) is 40.4 Å². The molecule has 1 amide bonds. The largest absolute Gasteiger partial charge is 0.301 e. The molecular formula is C14H17N3OS. The van der Waals surface area contributed by atoms with Crippen LogP contribution in [0, 0.1) is 6.92 Å². The Labute approximate surface area is 116 Å². The Kier molecular flexibility index (Phi) is 4.63. The van der Waals surface area contributed by atoms with Gasteiger partial charge >= 0.3 is 0 Å². The highest BCUT2D eigenvalue weighted by atomic mass is 32.1. The summed E-state index contributed by atoms with van der Waals surface area (Å²) in [5.41, 5.74) is 2.50. The van der Waals surface area contributed by atoms with Crippen molar-refractivity contribution in [2.75, 3.05) is 5.32 Å². The number of hydrogen-bond donors (Lipinski definition) is 1. The molecule has 2 rings (SSSR count). The summed E-state index contributed by atoms with van der Waals surface area (Å²) in [5, 5.41) is 11.9. The van der Waals surface area contributed by atoms with E-state index in [0.29, 0.717) is 11.6 Å². The molecule has 0 aliphatic rings. The van der Waals surface area contributed by atoms with E-state index in [2.05, 4.69) is 46.7 Å². The number of carbonyl (C=O) groups is 1. The van der Waals surface area contributed by atoms with Crippen molar-refractivity contribution in [2.45, 2.75) is 33.1 Å². The maximum Gasteiger partial charge on any atom is 0.226 e. The van der Waals surface area contributed by atoms with E-state index in [1.54, 1.807) is 0 Å². The van der Waals surface area contributed by atoms with Gasteiger partial charge in [-0.3, -0.25) is 4.79 Å². The van der Waals surface area contributed by atoms with E-state index >= 15 is 0 Å². The first-order valence-corrected chi connectivity index (χ1v) is 7.17. The predicted octanol–water partition coefficient (Wildman–Crippen LogP) is 2.98. The van der Waals surface area contributed by atoms with Crippen LogP contribution in [-0.4, -0.2) is 16.1 Å². The lowest BCUT2D eigenvalue weighted by Gasteiger charge is -2.03. The van der Waals surface area contributed by atoms with Crippen LogP contribution in [0.4, 0.5) is 5.13 Å². The van der Waals surface area contributed by atoms with Crippen molar-refractivity contribution in [3.63, 3.8) is 0 Å². The maximum absolute atomic E-state index is 11.7. The van der Waals surface area contributed by atoms with Crippen LogP contribution in [0.3, 0.4) is 0 Å². The summed E-state index contributed by atoms with van der Waals surface area (Å²) in [6.45, 7) is 4.00. The second-order valence-corrected chi connectivity index (χ2v) is 5.53. The fourth-order valence-electron chi connectivity index (χ4n) is 1.73. The highest BCUT2D eigenvalue weighted by Crippen LogP contribution is 2.14. The molecule has 1 aromatic carbocycles. The molecule has 0 bridgehead atoms. The van der Waals surface area contributed by atoms with Crippen LogP contribution in [0.25, 0.3) is 0 Å². The van der Waals surface area contributed by atoms with Crippen molar-refractivity contribution in [3.8, 4) is 0 Å². The second kappa shape index (κ2) is 6.43. The summed E-state index contributed by atoms with van der Waals surface area (Å²) < 4.78 is 0. The standard InChI is InChI=1S/C14H17N3OS/c1-3-11-4-6-12(7-5-11)8-9-13(18)15-14-17-16-10(2)19-14/h4-7H,3,8-9H2,1-2H3,(H,15,17,18). The van der Waals surface area contributed by atoms with Gasteiger partial charge in [0.1, 0.15) is 5.01 Å². The molecule has 0 fully saturated rings. The monoisotopic (exact) mass is 275 g/mol. The van der Waals surface area contributed by atoms with E-state index in [9.17, 15) is 4.79 Å². The first kappa shape index (κ1) is 13.7. The quantitative estimate of drug-likeness (QED) is 0.912. The molecule has 19 heavy (non-hydrogen) atoms. The van der Waals surface area contributed by atoms with Crippen molar-refractivity contribution in [1.29, 1.82) is 0 Å². The Morgan fingerprint density at radius 3 is 2.47 bits per heavy atom. The molecule has 0 aliphatic carbocycles. The molecule has 0 atom stereocenters. The third-order valence-corrected chi connectivity index (χ3v) is 3.60. The Balaban J connectivity index is 1.82. The van der Waals surface area contributed by atoms with Crippen molar-refractivity contribution in [1.82, 2.24) is 10.2 Å². The number of hydrogen-bond acceptors (Lipinski definition) is 4. The molecule has 100 valence electrons. The fraction of sp³-hybridized carbons (Fsp3) is 0.357. The Bertz CT molecular complexity index is 548. The van der Waals surface area contributed by atoms with Crippen molar-refractivity contribution in [2.24, 2.45) is 0 Å². The van der Waals surface area contributed by atoms with Crippen LogP contribution >= 0.6 is 11.3 Å². The number of aryl methyl sites for hydroxylation is 3. The van der Waals surface area contributed by atoms with E-state index in [1.807, 2.05) is 6.92 Å². The summed E-state index contributed by atoms with van der Waals surface area (Å²) in [7, 11) is 0. The molecule has 5 heteroatoms. The molecule has 0 aliphatic heterocycles. The van der Waals surface area contributed by atoms with Crippen LogP contribution in [0.1, 0.15) is 29.5 Å². The predicted molar refractivity (Wildman–Crippen MR) is 77.4 cm³/mol. The highest BCUT2D eigenvalue weighted by molar-refractivity contribution is 7.15. The summed E-state index contributed by atoms with van der Waals surface area (Å²) in [4.78, 5) is 11.7. The van der Waals surface area contributed by atoms with E-state index < -0.39 is 0 Å². The van der Waals surface area contributed by atoms with Gasteiger partial charge in [0, 0.05) is 6.42 Å². The van der Waals surface area contributed by atoms with Crippen LogP contribution in [-0.2, 0) is 17.6 Å². The molecule has 1 heterocycles. The number of nitrogens with one attached hydrogen (secondary N) is 1. The average Bonchev–Trinajstić information content (AvgIpc) is 2.82. The van der Waals surface area contributed by atoms with Crippen molar-refractivity contribution < 1.29 is 4.79 Å². The number of anilines is 1. The zero-order valence-corrected chi connectivity index (χ0v) is 12.0. The first-order chi connectivity index (χ1) is 9.17. The number of aromatic nitrogens is 2. The van der Waals surface area contributed by atoms with Gasteiger partial charge < -0.3 is 5.32 Å².